The smallest absolute Gasteiger partial charge is 0.325 e. The van der Waals surface area contributed by atoms with Crippen LogP contribution in [0, 0.1) is 17.1 Å². The number of benzene rings is 1. The number of hydrogen-bond donors (Lipinski definition) is 0. The van der Waals surface area contributed by atoms with Crippen molar-refractivity contribution in [2.75, 3.05) is 32.2 Å². The number of carbonyl (C=O) groups is 2. The maximum atomic E-state index is 13.6. The number of ether oxygens (including phenoxy) is 2. The normalized spacial score (nSPS) is 9.50. The first-order valence-electron chi connectivity index (χ1n) is 5.60. The van der Waals surface area contributed by atoms with Gasteiger partial charge in [0.05, 0.1) is 19.8 Å². The molecule has 0 atom stereocenters. The van der Waals surface area contributed by atoms with E-state index in [2.05, 4.69) is 9.47 Å². The molecular formula is C13H13FN2O4. The number of esters is 2. The molecule has 0 saturated carbocycles. The van der Waals surface area contributed by atoms with Crippen molar-refractivity contribution >= 4 is 17.6 Å². The molecule has 1 rings (SSSR count). The minimum Gasteiger partial charge on any atom is -0.468 e. The molecule has 0 aliphatic rings. The van der Waals surface area contributed by atoms with Crippen LogP contribution >= 0.6 is 0 Å². The van der Waals surface area contributed by atoms with Crippen molar-refractivity contribution in [3.05, 3.63) is 29.6 Å². The third kappa shape index (κ3) is 3.95. The fourth-order valence-electron chi connectivity index (χ4n) is 1.47. The molecule has 0 amide bonds. The van der Waals surface area contributed by atoms with E-state index in [1.54, 1.807) is 6.07 Å². The Morgan fingerprint density at radius 3 is 2.20 bits per heavy atom. The number of anilines is 1. The van der Waals surface area contributed by atoms with E-state index in [1.807, 2.05) is 0 Å². The minimum absolute atomic E-state index is 0.121. The molecule has 0 N–H and O–H groups in total. The summed E-state index contributed by atoms with van der Waals surface area (Å²) in [5.74, 6) is -1.90. The third-order valence-electron chi connectivity index (χ3n) is 2.53. The average molecular weight is 280 g/mol. The molecule has 0 spiro atoms. The Kier molecular flexibility index (Phi) is 5.47. The monoisotopic (exact) mass is 280 g/mol. The molecule has 20 heavy (non-hydrogen) atoms. The fraction of sp³-hybridized carbons (Fsp3) is 0.308. The SMILES string of the molecule is COC(=O)CN(CC(=O)OC)c1ccc(C#N)c(F)c1. The molecule has 106 valence electrons. The number of nitrogens with zero attached hydrogens (tertiary/aromatic N) is 2. The Labute approximate surface area is 115 Å². The first kappa shape index (κ1) is 15.4. The molecule has 0 heterocycles. The molecule has 0 aliphatic heterocycles. The van der Waals surface area contributed by atoms with Crippen molar-refractivity contribution in [1.82, 2.24) is 0 Å². The summed E-state index contributed by atoms with van der Waals surface area (Å²) in [4.78, 5) is 23.9. The zero-order chi connectivity index (χ0) is 15.1. The second kappa shape index (κ2) is 7.09. The van der Waals surface area contributed by atoms with Crippen molar-refractivity contribution in [3.63, 3.8) is 0 Å². The molecule has 1 aromatic carbocycles. The maximum Gasteiger partial charge on any atom is 0.325 e. The zero-order valence-electron chi connectivity index (χ0n) is 11.1. The molecule has 0 bridgehead atoms. The van der Waals surface area contributed by atoms with Crippen molar-refractivity contribution < 1.29 is 23.5 Å². The van der Waals surface area contributed by atoms with E-state index in [-0.39, 0.29) is 24.3 Å². The summed E-state index contributed by atoms with van der Waals surface area (Å²) in [5.41, 5.74) is 0.155. The molecule has 0 fully saturated rings. The lowest BCUT2D eigenvalue weighted by Gasteiger charge is -2.22. The number of methoxy groups -OCH3 is 2. The zero-order valence-corrected chi connectivity index (χ0v) is 11.1. The second-order valence-corrected chi connectivity index (χ2v) is 3.78. The molecule has 0 aliphatic carbocycles. The largest absolute Gasteiger partial charge is 0.468 e. The van der Waals surface area contributed by atoms with Crippen molar-refractivity contribution in [2.24, 2.45) is 0 Å². The van der Waals surface area contributed by atoms with E-state index in [0.29, 0.717) is 0 Å². The van der Waals surface area contributed by atoms with Gasteiger partial charge in [0.15, 0.2) is 0 Å². The summed E-state index contributed by atoms with van der Waals surface area (Å²) in [6.07, 6.45) is 0. The molecule has 6 nitrogen and oxygen atoms in total. The molecule has 0 saturated heterocycles. The van der Waals surface area contributed by atoms with Gasteiger partial charge >= 0.3 is 11.9 Å². The molecular weight excluding hydrogens is 267 g/mol. The quantitative estimate of drug-likeness (QED) is 0.744. The van der Waals surface area contributed by atoms with Gasteiger partial charge in [-0.05, 0) is 18.2 Å². The van der Waals surface area contributed by atoms with E-state index < -0.39 is 17.8 Å². The van der Waals surface area contributed by atoms with E-state index in [0.717, 1.165) is 6.07 Å². The maximum absolute atomic E-state index is 13.6. The van der Waals surface area contributed by atoms with Gasteiger partial charge in [0.25, 0.3) is 0 Å². The Morgan fingerprint density at radius 2 is 1.80 bits per heavy atom. The van der Waals surface area contributed by atoms with Gasteiger partial charge in [-0.25, -0.2) is 4.39 Å². The Bertz CT molecular complexity index is 536. The van der Waals surface area contributed by atoms with Crippen LogP contribution in [-0.4, -0.2) is 39.2 Å². The number of hydrogen-bond acceptors (Lipinski definition) is 6. The van der Waals surface area contributed by atoms with Crippen molar-refractivity contribution in [3.8, 4) is 6.07 Å². The standard InChI is InChI=1S/C13H13FN2O4/c1-19-12(17)7-16(8-13(18)20-2)10-4-3-9(6-15)11(14)5-10/h3-5H,7-8H2,1-2H3. The second-order valence-electron chi connectivity index (χ2n) is 3.78. The van der Waals surface area contributed by atoms with Crippen LogP contribution in [0.5, 0.6) is 0 Å². The third-order valence-corrected chi connectivity index (χ3v) is 2.53. The Morgan fingerprint density at radius 1 is 1.25 bits per heavy atom. The van der Waals surface area contributed by atoms with E-state index in [9.17, 15) is 14.0 Å². The van der Waals surface area contributed by atoms with Crippen molar-refractivity contribution in [1.29, 1.82) is 5.26 Å². The van der Waals surface area contributed by atoms with Gasteiger partial charge < -0.3 is 14.4 Å². The van der Waals surface area contributed by atoms with Gasteiger partial charge in [-0.2, -0.15) is 5.26 Å². The first-order chi connectivity index (χ1) is 9.51. The highest BCUT2D eigenvalue weighted by atomic mass is 19.1. The topological polar surface area (TPSA) is 79.6 Å². The van der Waals surface area contributed by atoms with Crippen molar-refractivity contribution in [2.45, 2.75) is 0 Å². The predicted octanol–water partition coefficient (Wildman–Crippen LogP) is 0.850. The number of rotatable bonds is 5. The van der Waals surface area contributed by atoms with Gasteiger partial charge in [-0.3, -0.25) is 9.59 Å². The Balaban J connectivity index is 3.03. The van der Waals surface area contributed by atoms with Crippen LogP contribution in [0.25, 0.3) is 0 Å². The van der Waals surface area contributed by atoms with Gasteiger partial charge in [-0.1, -0.05) is 0 Å². The summed E-state index contributed by atoms with van der Waals surface area (Å²) in [7, 11) is 2.41. The summed E-state index contributed by atoms with van der Waals surface area (Å²) in [5, 5.41) is 8.66. The van der Waals surface area contributed by atoms with Gasteiger partial charge in [0.1, 0.15) is 25.0 Å². The van der Waals surface area contributed by atoms with Crippen LogP contribution in [-0.2, 0) is 19.1 Å². The highest BCUT2D eigenvalue weighted by Crippen LogP contribution is 2.18. The number of carbonyl (C=O) groups excluding carboxylic acids is 2. The van der Waals surface area contributed by atoms with Crippen LogP contribution in [0.4, 0.5) is 10.1 Å². The lowest BCUT2D eigenvalue weighted by molar-refractivity contribution is -0.140. The summed E-state index contributed by atoms with van der Waals surface area (Å²) >= 11 is 0. The predicted molar refractivity (Wildman–Crippen MR) is 67.4 cm³/mol. The van der Waals surface area contributed by atoms with Crippen LogP contribution in [0.1, 0.15) is 5.56 Å². The molecule has 0 aromatic heterocycles. The highest BCUT2D eigenvalue weighted by molar-refractivity contribution is 5.81. The minimum atomic E-state index is -0.732. The van der Waals surface area contributed by atoms with Crippen LogP contribution < -0.4 is 4.90 Å². The summed E-state index contributed by atoms with van der Waals surface area (Å²) in [6, 6.07) is 5.47. The van der Waals surface area contributed by atoms with Gasteiger partial charge in [-0.15, -0.1) is 0 Å². The van der Waals surface area contributed by atoms with Gasteiger partial charge in [0.2, 0.25) is 0 Å². The van der Waals surface area contributed by atoms with E-state index in [1.165, 1.54) is 31.3 Å². The Hall–Kier alpha value is -2.62. The summed E-state index contributed by atoms with van der Waals surface area (Å²) in [6.45, 7) is -0.478. The average Bonchev–Trinajstić information content (AvgIpc) is 2.45. The van der Waals surface area contributed by atoms with Crippen LogP contribution in [0.2, 0.25) is 0 Å². The highest BCUT2D eigenvalue weighted by Gasteiger charge is 2.17. The lowest BCUT2D eigenvalue weighted by atomic mass is 10.2. The first-order valence-corrected chi connectivity index (χ1v) is 5.60. The lowest BCUT2D eigenvalue weighted by Crippen LogP contribution is -2.35. The molecule has 0 unspecified atom stereocenters. The van der Waals surface area contributed by atoms with E-state index >= 15 is 0 Å². The fourth-order valence-corrected chi connectivity index (χ4v) is 1.47. The molecule has 0 radical (unpaired) electrons. The summed E-state index contributed by atoms with van der Waals surface area (Å²) < 4.78 is 22.6. The van der Waals surface area contributed by atoms with Crippen LogP contribution in [0.15, 0.2) is 18.2 Å². The van der Waals surface area contributed by atoms with Gasteiger partial charge in [0, 0.05) is 5.69 Å². The molecule has 7 heteroatoms. The number of halogens is 1. The number of nitriles is 1. The molecule has 1 aromatic rings. The van der Waals surface area contributed by atoms with Crippen LogP contribution in [0.3, 0.4) is 0 Å². The van der Waals surface area contributed by atoms with E-state index in [4.69, 9.17) is 5.26 Å².